The normalized spacial score (nSPS) is 10.9. The van der Waals surface area contributed by atoms with Crippen molar-refractivity contribution in [1.29, 1.82) is 0 Å². The molecule has 0 heterocycles. The van der Waals surface area contributed by atoms with Crippen LogP contribution in [-0.2, 0) is 14.6 Å². The second-order valence-electron chi connectivity index (χ2n) is 7.38. The highest BCUT2D eigenvalue weighted by Crippen LogP contribution is 2.31. The fraction of sp³-hybridized carbons (Fsp3) is 0.240. The topological polar surface area (TPSA) is 103 Å². The van der Waals surface area contributed by atoms with E-state index in [9.17, 15) is 13.2 Å². The van der Waals surface area contributed by atoms with Crippen LogP contribution in [0.3, 0.4) is 0 Å². The predicted molar refractivity (Wildman–Crippen MR) is 131 cm³/mol. The maximum absolute atomic E-state index is 13.3. The van der Waals surface area contributed by atoms with Crippen LogP contribution in [0.2, 0.25) is 0 Å². The van der Waals surface area contributed by atoms with E-state index in [2.05, 4.69) is 10.6 Å². The lowest BCUT2D eigenvalue weighted by Crippen LogP contribution is -2.22. The van der Waals surface area contributed by atoms with E-state index >= 15 is 0 Å². The molecule has 0 saturated heterocycles. The van der Waals surface area contributed by atoms with Gasteiger partial charge in [0.15, 0.2) is 11.5 Å². The SMILES string of the molecule is CCOc1ccc(S(=O)(=O)c2cc(C)ccc2NCC(=O)Nc2ccc(OC)c(OC)c2)cc1. The van der Waals surface area contributed by atoms with Gasteiger partial charge in [-0.15, -0.1) is 0 Å². The first-order valence-corrected chi connectivity index (χ1v) is 12.1. The summed E-state index contributed by atoms with van der Waals surface area (Å²) in [6.45, 7) is 4.02. The molecule has 2 N–H and O–H groups in total. The average molecular weight is 485 g/mol. The van der Waals surface area contributed by atoms with Gasteiger partial charge in [-0.2, -0.15) is 0 Å². The maximum atomic E-state index is 13.3. The third kappa shape index (κ3) is 5.79. The molecule has 0 spiro atoms. The van der Waals surface area contributed by atoms with Crippen LogP contribution in [0.4, 0.5) is 11.4 Å². The summed E-state index contributed by atoms with van der Waals surface area (Å²) < 4.78 is 42.5. The second kappa shape index (κ2) is 10.9. The maximum Gasteiger partial charge on any atom is 0.243 e. The Labute approximate surface area is 199 Å². The van der Waals surface area contributed by atoms with Gasteiger partial charge in [0.1, 0.15) is 5.75 Å². The molecule has 9 heteroatoms. The van der Waals surface area contributed by atoms with Crippen molar-refractivity contribution < 1.29 is 27.4 Å². The molecule has 8 nitrogen and oxygen atoms in total. The summed E-state index contributed by atoms with van der Waals surface area (Å²) >= 11 is 0. The molecule has 0 bridgehead atoms. The molecule has 0 aromatic heterocycles. The molecule has 0 atom stereocenters. The summed E-state index contributed by atoms with van der Waals surface area (Å²) in [6.07, 6.45) is 0. The summed E-state index contributed by atoms with van der Waals surface area (Å²) in [4.78, 5) is 12.8. The van der Waals surface area contributed by atoms with E-state index in [1.807, 2.05) is 13.8 Å². The van der Waals surface area contributed by atoms with E-state index in [1.165, 1.54) is 26.4 Å². The van der Waals surface area contributed by atoms with Crippen LogP contribution in [0, 0.1) is 6.92 Å². The Hall–Kier alpha value is -3.72. The van der Waals surface area contributed by atoms with Crippen LogP contribution in [0.15, 0.2) is 70.5 Å². The highest BCUT2D eigenvalue weighted by molar-refractivity contribution is 7.91. The smallest absolute Gasteiger partial charge is 0.243 e. The van der Waals surface area contributed by atoms with Crippen LogP contribution in [-0.4, -0.2) is 41.7 Å². The van der Waals surface area contributed by atoms with Crippen molar-refractivity contribution in [2.24, 2.45) is 0 Å². The first kappa shape index (κ1) is 24.9. The summed E-state index contributed by atoms with van der Waals surface area (Å²) in [6, 6.07) is 16.3. The van der Waals surface area contributed by atoms with E-state index in [-0.39, 0.29) is 22.2 Å². The summed E-state index contributed by atoms with van der Waals surface area (Å²) in [5.41, 5.74) is 1.64. The number of carbonyl (C=O) groups excluding carboxylic acids is 1. The molecule has 0 saturated carbocycles. The Morgan fingerprint density at radius 2 is 1.62 bits per heavy atom. The minimum atomic E-state index is -3.83. The van der Waals surface area contributed by atoms with Crippen molar-refractivity contribution in [2.75, 3.05) is 38.0 Å². The number of hydrogen-bond acceptors (Lipinski definition) is 7. The number of benzene rings is 3. The van der Waals surface area contributed by atoms with E-state index in [1.54, 1.807) is 48.5 Å². The zero-order valence-electron chi connectivity index (χ0n) is 19.5. The Morgan fingerprint density at radius 3 is 2.26 bits per heavy atom. The Balaban J connectivity index is 1.78. The van der Waals surface area contributed by atoms with Crippen LogP contribution < -0.4 is 24.8 Å². The van der Waals surface area contributed by atoms with E-state index in [4.69, 9.17) is 14.2 Å². The number of aryl methyl sites for hydroxylation is 1. The Morgan fingerprint density at radius 1 is 0.912 bits per heavy atom. The van der Waals surface area contributed by atoms with Crippen LogP contribution in [0.1, 0.15) is 12.5 Å². The van der Waals surface area contributed by atoms with Crippen LogP contribution in [0.25, 0.3) is 0 Å². The lowest BCUT2D eigenvalue weighted by atomic mass is 10.2. The van der Waals surface area contributed by atoms with Gasteiger partial charge in [-0.05, 0) is 67.9 Å². The largest absolute Gasteiger partial charge is 0.494 e. The number of methoxy groups -OCH3 is 2. The Kier molecular flexibility index (Phi) is 8.01. The molecule has 0 aliphatic carbocycles. The zero-order valence-corrected chi connectivity index (χ0v) is 20.4. The van der Waals surface area contributed by atoms with Crippen molar-refractivity contribution in [2.45, 2.75) is 23.6 Å². The molecule has 3 aromatic carbocycles. The first-order chi connectivity index (χ1) is 16.3. The molecular weight excluding hydrogens is 456 g/mol. The lowest BCUT2D eigenvalue weighted by molar-refractivity contribution is -0.114. The van der Waals surface area contributed by atoms with E-state index in [0.29, 0.717) is 35.2 Å². The predicted octanol–water partition coefficient (Wildman–Crippen LogP) is 4.29. The molecule has 0 aliphatic heterocycles. The summed E-state index contributed by atoms with van der Waals surface area (Å²) in [7, 11) is -0.790. The second-order valence-corrected chi connectivity index (χ2v) is 9.30. The number of ether oxygens (including phenoxy) is 3. The third-order valence-electron chi connectivity index (χ3n) is 4.98. The standard InChI is InChI=1S/C25H28N2O6S/c1-5-33-19-8-10-20(11-9-19)34(29,30)24-14-17(2)6-12-21(24)26-16-25(28)27-18-7-13-22(31-3)23(15-18)32-4/h6-15,26H,5,16H2,1-4H3,(H,27,28). The molecule has 180 valence electrons. The molecule has 0 unspecified atom stereocenters. The van der Waals surface area contributed by atoms with Crippen molar-refractivity contribution in [3.63, 3.8) is 0 Å². The van der Waals surface area contributed by atoms with Gasteiger partial charge < -0.3 is 24.8 Å². The van der Waals surface area contributed by atoms with Gasteiger partial charge in [0.05, 0.1) is 42.8 Å². The highest BCUT2D eigenvalue weighted by Gasteiger charge is 2.22. The lowest BCUT2D eigenvalue weighted by Gasteiger charge is -2.15. The summed E-state index contributed by atoms with van der Waals surface area (Å²) in [5.74, 6) is 1.27. The minimum absolute atomic E-state index is 0.0931. The fourth-order valence-electron chi connectivity index (χ4n) is 3.30. The molecule has 0 aliphatic rings. The number of sulfone groups is 1. The van der Waals surface area contributed by atoms with Gasteiger partial charge >= 0.3 is 0 Å². The van der Waals surface area contributed by atoms with Crippen molar-refractivity contribution in [3.05, 3.63) is 66.2 Å². The molecule has 0 fully saturated rings. The van der Waals surface area contributed by atoms with Gasteiger partial charge in [-0.25, -0.2) is 8.42 Å². The van der Waals surface area contributed by atoms with Crippen LogP contribution >= 0.6 is 0 Å². The van der Waals surface area contributed by atoms with Gasteiger partial charge in [0.2, 0.25) is 15.7 Å². The fourth-order valence-corrected chi connectivity index (χ4v) is 4.82. The third-order valence-corrected chi connectivity index (χ3v) is 6.79. The molecule has 0 radical (unpaired) electrons. The van der Waals surface area contributed by atoms with Gasteiger partial charge in [0.25, 0.3) is 0 Å². The van der Waals surface area contributed by atoms with E-state index < -0.39 is 9.84 Å². The van der Waals surface area contributed by atoms with Crippen molar-refractivity contribution in [3.8, 4) is 17.2 Å². The molecular formula is C25H28N2O6S. The number of nitrogens with one attached hydrogen (secondary N) is 2. The number of anilines is 2. The monoisotopic (exact) mass is 484 g/mol. The highest BCUT2D eigenvalue weighted by atomic mass is 32.2. The average Bonchev–Trinajstić information content (AvgIpc) is 2.83. The van der Waals surface area contributed by atoms with Gasteiger partial charge in [0, 0.05) is 11.8 Å². The number of rotatable bonds is 10. The Bertz CT molecular complexity index is 1260. The molecule has 3 rings (SSSR count). The number of hydrogen-bond donors (Lipinski definition) is 2. The quantitative estimate of drug-likeness (QED) is 0.442. The van der Waals surface area contributed by atoms with Gasteiger partial charge in [-0.3, -0.25) is 4.79 Å². The first-order valence-electron chi connectivity index (χ1n) is 10.6. The molecule has 1 amide bonds. The number of carbonyl (C=O) groups is 1. The van der Waals surface area contributed by atoms with Gasteiger partial charge in [-0.1, -0.05) is 6.07 Å². The van der Waals surface area contributed by atoms with E-state index in [0.717, 1.165) is 5.56 Å². The van der Waals surface area contributed by atoms with Crippen LogP contribution in [0.5, 0.6) is 17.2 Å². The minimum Gasteiger partial charge on any atom is -0.494 e. The molecule has 34 heavy (non-hydrogen) atoms. The summed E-state index contributed by atoms with van der Waals surface area (Å²) in [5, 5.41) is 5.70. The zero-order chi connectivity index (χ0) is 24.7. The number of amides is 1. The van der Waals surface area contributed by atoms with Crippen molar-refractivity contribution >= 4 is 27.1 Å². The molecule has 3 aromatic rings. The van der Waals surface area contributed by atoms with Crippen molar-refractivity contribution in [1.82, 2.24) is 0 Å².